The van der Waals surface area contributed by atoms with Gasteiger partial charge in [0.25, 0.3) is 5.89 Å². The van der Waals surface area contributed by atoms with Gasteiger partial charge >= 0.3 is 5.97 Å². The van der Waals surface area contributed by atoms with Gasteiger partial charge in [0.2, 0.25) is 10.0 Å². The molecule has 0 N–H and O–H groups in total. The van der Waals surface area contributed by atoms with E-state index < -0.39 is 28.4 Å². The van der Waals surface area contributed by atoms with Gasteiger partial charge in [-0.05, 0) is 31.2 Å². The molecule has 0 saturated heterocycles. The van der Waals surface area contributed by atoms with Crippen molar-refractivity contribution in [1.82, 2.24) is 14.4 Å². The first-order chi connectivity index (χ1) is 10.8. The molecule has 0 fully saturated rings. The van der Waals surface area contributed by atoms with Gasteiger partial charge in [0.05, 0.1) is 4.90 Å². The second-order valence-corrected chi connectivity index (χ2v) is 6.66. The normalized spacial score (nSPS) is 11.7. The Balaban J connectivity index is 1.95. The molecular formula is C13H14FN3O5S. The lowest BCUT2D eigenvalue weighted by Gasteiger charge is -2.16. The van der Waals surface area contributed by atoms with Gasteiger partial charge in [-0.2, -0.15) is 9.29 Å². The molecule has 1 aromatic carbocycles. The summed E-state index contributed by atoms with van der Waals surface area (Å²) in [4.78, 5) is 15.4. The van der Waals surface area contributed by atoms with Gasteiger partial charge in [0, 0.05) is 7.05 Å². The summed E-state index contributed by atoms with van der Waals surface area (Å²) in [6.45, 7) is 0.856. The number of aryl methyl sites for hydroxylation is 1. The van der Waals surface area contributed by atoms with E-state index in [4.69, 9.17) is 9.26 Å². The van der Waals surface area contributed by atoms with E-state index in [0.717, 1.165) is 28.6 Å². The molecule has 0 bridgehead atoms. The van der Waals surface area contributed by atoms with E-state index >= 15 is 0 Å². The highest BCUT2D eigenvalue weighted by Crippen LogP contribution is 2.14. The third-order valence-electron chi connectivity index (χ3n) is 2.80. The second-order valence-electron chi connectivity index (χ2n) is 4.61. The van der Waals surface area contributed by atoms with Gasteiger partial charge < -0.3 is 9.26 Å². The molecule has 0 radical (unpaired) electrons. The number of carbonyl (C=O) groups excluding carboxylic acids is 1. The zero-order valence-electron chi connectivity index (χ0n) is 12.4. The molecule has 1 aromatic heterocycles. The Kier molecular flexibility index (Phi) is 5.06. The molecule has 1 heterocycles. The number of halogens is 1. The van der Waals surface area contributed by atoms with Crippen molar-refractivity contribution in [3.05, 3.63) is 41.8 Å². The maximum Gasteiger partial charge on any atom is 0.321 e. The van der Waals surface area contributed by atoms with Crippen molar-refractivity contribution in [2.24, 2.45) is 0 Å². The molecule has 124 valence electrons. The van der Waals surface area contributed by atoms with E-state index in [0.29, 0.717) is 5.82 Å². The van der Waals surface area contributed by atoms with Gasteiger partial charge in [-0.25, -0.2) is 12.8 Å². The van der Waals surface area contributed by atoms with Crippen LogP contribution >= 0.6 is 0 Å². The summed E-state index contributed by atoms with van der Waals surface area (Å²) in [7, 11) is -2.70. The van der Waals surface area contributed by atoms with Crippen molar-refractivity contribution < 1.29 is 26.9 Å². The molecular weight excluding hydrogens is 329 g/mol. The molecule has 10 heteroatoms. The summed E-state index contributed by atoms with van der Waals surface area (Å²) in [6.07, 6.45) is 0. The van der Waals surface area contributed by atoms with Crippen LogP contribution in [-0.2, 0) is 26.2 Å². The lowest BCUT2D eigenvalue weighted by molar-refractivity contribution is -0.145. The third kappa shape index (κ3) is 4.33. The van der Waals surface area contributed by atoms with Crippen molar-refractivity contribution >= 4 is 16.0 Å². The maximum absolute atomic E-state index is 12.8. The number of benzene rings is 1. The number of likely N-dealkylation sites (N-methyl/N-ethyl adjacent to an activating group) is 1. The smallest absolute Gasteiger partial charge is 0.321 e. The van der Waals surface area contributed by atoms with E-state index in [9.17, 15) is 17.6 Å². The summed E-state index contributed by atoms with van der Waals surface area (Å²) >= 11 is 0. The zero-order chi connectivity index (χ0) is 17.0. The van der Waals surface area contributed by atoms with E-state index in [1.165, 1.54) is 7.05 Å². The minimum Gasteiger partial charge on any atom is -0.455 e. The van der Waals surface area contributed by atoms with Crippen LogP contribution in [0, 0.1) is 12.7 Å². The number of sulfonamides is 1. The number of esters is 1. The standard InChI is InChI=1S/C13H14FN3O5S/c1-9-15-12(22-16-9)8-21-13(18)7-17(2)23(19,20)11-5-3-10(14)4-6-11/h3-6H,7-8H2,1-2H3. The number of hydrogen-bond donors (Lipinski definition) is 0. The average molecular weight is 343 g/mol. The Hall–Kier alpha value is -2.33. The van der Waals surface area contributed by atoms with Crippen LogP contribution in [0.15, 0.2) is 33.7 Å². The Morgan fingerprint density at radius 3 is 2.57 bits per heavy atom. The van der Waals surface area contributed by atoms with Crippen molar-refractivity contribution in [1.29, 1.82) is 0 Å². The number of aromatic nitrogens is 2. The lowest BCUT2D eigenvalue weighted by atomic mass is 10.4. The van der Waals surface area contributed by atoms with Gasteiger partial charge in [-0.15, -0.1) is 0 Å². The van der Waals surface area contributed by atoms with Crippen LogP contribution < -0.4 is 0 Å². The van der Waals surface area contributed by atoms with Crippen LogP contribution in [0.3, 0.4) is 0 Å². The van der Waals surface area contributed by atoms with Gasteiger partial charge in [-0.3, -0.25) is 4.79 Å². The highest BCUT2D eigenvalue weighted by atomic mass is 32.2. The Morgan fingerprint density at radius 2 is 2.00 bits per heavy atom. The van der Waals surface area contributed by atoms with Crippen molar-refractivity contribution in [2.45, 2.75) is 18.4 Å². The number of carbonyl (C=O) groups is 1. The quantitative estimate of drug-likeness (QED) is 0.717. The molecule has 2 aromatic rings. The molecule has 8 nitrogen and oxygen atoms in total. The number of nitrogens with zero attached hydrogens (tertiary/aromatic N) is 3. The van der Waals surface area contributed by atoms with Crippen molar-refractivity contribution in [2.75, 3.05) is 13.6 Å². The van der Waals surface area contributed by atoms with E-state index in [1.54, 1.807) is 6.92 Å². The monoisotopic (exact) mass is 343 g/mol. The van der Waals surface area contributed by atoms with Crippen LogP contribution in [0.25, 0.3) is 0 Å². The van der Waals surface area contributed by atoms with Crippen LogP contribution in [-0.4, -0.2) is 42.4 Å². The molecule has 0 atom stereocenters. The molecule has 23 heavy (non-hydrogen) atoms. The zero-order valence-corrected chi connectivity index (χ0v) is 13.2. The van der Waals surface area contributed by atoms with Crippen LogP contribution in [0.4, 0.5) is 4.39 Å². The Labute approximate surface area is 131 Å². The predicted molar refractivity (Wildman–Crippen MR) is 75.0 cm³/mol. The van der Waals surface area contributed by atoms with E-state index in [-0.39, 0.29) is 17.4 Å². The van der Waals surface area contributed by atoms with Crippen molar-refractivity contribution in [3.63, 3.8) is 0 Å². The third-order valence-corrected chi connectivity index (χ3v) is 4.62. The summed E-state index contributed by atoms with van der Waals surface area (Å²) < 4.78 is 47.7. The molecule has 0 saturated carbocycles. The lowest BCUT2D eigenvalue weighted by Crippen LogP contribution is -2.33. The topological polar surface area (TPSA) is 103 Å². The first kappa shape index (κ1) is 17.0. The SMILES string of the molecule is Cc1noc(COC(=O)CN(C)S(=O)(=O)c2ccc(F)cc2)n1. The van der Waals surface area contributed by atoms with Gasteiger partial charge in [0.1, 0.15) is 12.4 Å². The largest absolute Gasteiger partial charge is 0.455 e. The van der Waals surface area contributed by atoms with E-state index in [1.807, 2.05) is 0 Å². The minimum atomic E-state index is -3.92. The summed E-state index contributed by atoms with van der Waals surface area (Å²) in [5, 5.41) is 3.53. The maximum atomic E-state index is 12.8. The second kappa shape index (κ2) is 6.84. The molecule has 0 unspecified atom stereocenters. The summed E-state index contributed by atoms with van der Waals surface area (Å²) in [6, 6.07) is 4.29. The number of rotatable bonds is 6. The highest BCUT2D eigenvalue weighted by Gasteiger charge is 2.23. The molecule has 0 aliphatic heterocycles. The molecule has 2 rings (SSSR count). The average Bonchev–Trinajstić information content (AvgIpc) is 2.91. The first-order valence-corrected chi connectivity index (χ1v) is 7.90. The van der Waals surface area contributed by atoms with Crippen LogP contribution in [0.1, 0.15) is 11.7 Å². The fraction of sp³-hybridized carbons (Fsp3) is 0.308. The van der Waals surface area contributed by atoms with Crippen LogP contribution in [0.5, 0.6) is 0 Å². The van der Waals surface area contributed by atoms with Gasteiger partial charge in [0.15, 0.2) is 12.4 Å². The number of hydrogen-bond acceptors (Lipinski definition) is 7. The Bertz CT molecular complexity index is 788. The molecule has 0 amide bonds. The molecule has 0 aliphatic rings. The fourth-order valence-corrected chi connectivity index (χ4v) is 2.76. The van der Waals surface area contributed by atoms with Gasteiger partial charge in [-0.1, -0.05) is 5.16 Å². The fourth-order valence-electron chi connectivity index (χ4n) is 1.64. The Morgan fingerprint density at radius 1 is 1.35 bits per heavy atom. The van der Waals surface area contributed by atoms with Crippen molar-refractivity contribution in [3.8, 4) is 0 Å². The van der Waals surface area contributed by atoms with E-state index in [2.05, 4.69) is 10.1 Å². The number of ether oxygens (including phenoxy) is 1. The highest BCUT2D eigenvalue weighted by molar-refractivity contribution is 7.89. The summed E-state index contributed by atoms with van der Waals surface area (Å²) in [5.74, 6) is -0.832. The van der Waals surface area contributed by atoms with Crippen LogP contribution in [0.2, 0.25) is 0 Å². The predicted octanol–water partition coefficient (Wildman–Crippen LogP) is 0.881. The molecule has 0 aliphatic carbocycles. The summed E-state index contributed by atoms with van der Waals surface area (Å²) in [5.41, 5.74) is 0. The minimum absolute atomic E-state index is 0.111. The molecule has 0 spiro atoms. The first-order valence-electron chi connectivity index (χ1n) is 6.46.